The van der Waals surface area contributed by atoms with E-state index in [9.17, 15) is 18.0 Å². The van der Waals surface area contributed by atoms with Gasteiger partial charge in [0.2, 0.25) is 5.89 Å². The van der Waals surface area contributed by atoms with Crippen LogP contribution in [0, 0.1) is 5.41 Å². The first kappa shape index (κ1) is 13.8. The lowest BCUT2D eigenvalue weighted by atomic mass is 9.79. The third kappa shape index (κ3) is 3.24. The summed E-state index contributed by atoms with van der Waals surface area (Å²) in [5, 5.41) is 15.2. The van der Waals surface area contributed by atoms with E-state index < -0.39 is 23.5 Å². The van der Waals surface area contributed by atoms with Crippen LogP contribution in [-0.4, -0.2) is 21.3 Å². The van der Waals surface area contributed by atoms with Crippen LogP contribution in [0.5, 0.6) is 0 Å². The molecule has 1 aliphatic carbocycles. The van der Waals surface area contributed by atoms with Crippen LogP contribution in [0.2, 0.25) is 0 Å². The van der Waals surface area contributed by atoms with Gasteiger partial charge >= 0.3 is 18.0 Å². The van der Waals surface area contributed by atoms with Crippen LogP contribution in [0.25, 0.3) is 0 Å². The van der Waals surface area contributed by atoms with Gasteiger partial charge in [-0.05, 0) is 18.3 Å². The zero-order valence-corrected chi connectivity index (χ0v) is 10.0. The molecule has 5 nitrogen and oxygen atoms in total. The highest BCUT2D eigenvalue weighted by Crippen LogP contribution is 2.44. The predicted molar refractivity (Wildman–Crippen MR) is 56.2 cm³/mol. The van der Waals surface area contributed by atoms with Crippen molar-refractivity contribution in [2.24, 2.45) is 5.41 Å². The first-order valence-electron chi connectivity index (χ1n) is 5.92. The van der Waals surface area contributed by atoms with Gasteiger partial charge in [0.15, 0.2) is 0 Å². The highest BCUT2D eigenvalue weighted by molar-refractivity contribution is 5.67. The van der Waals surface area contributed by atoms with Crippen molar-refractivity contribution >= 4 is 5.97 Å². The molecule has 0 bridgehead atoms. The highest BCUT2D eigenvalue weighted by Gasteiger charge is 2.41. The summed E-state index contributed by atoms with van der Waals surface area (Å²) < 4.78 is 41.6. The number of rotatable bonds is 4. The lowest BCUT2D eigenvalue weighted by Gasteiger charge is -2.24. The van der Waals surface area contributed by atoms with E-state index in [1.54, 1.807) is 0 Å². The quantitative estimate of drug-likeness (QED) is 0.916. The number of aliphatic carboxylic acids is 1. The van der Waals surface area contributed by atoms with E-state index in [-0.39, 0.29) is 18.7 Å². The van der Waals surface area contributed by atoms with Gasteiger partial charge in [-0.25, -0.2) is 0 Å². The molecule has 1 aromatic rings. The Balaban J connectivity index is 2.14. The molecule has 0 unspecified atom stereocenters. The van der Waals surface area contributed by atoms with Gasteiger partial charge in [0, 0.05) is 6.42 Å². The number of hydrogen-bond donors (Lipinski definition) is 1. The summed E-state index contributed by atoms with van der Waals surface area (Å²) in [6, 6.07) is 0. The minimum atomic E-state index is -4.67. The van der Waals surface area contributed by atoms with Crippen LogP contribution in [0.4, 0.5) is 13.2 Å². The van der Waals surface area contributed by atoms with Gasteiger partial charge in [-0.3, -0.25) is 4.79 Å². The summed E-state index contributed by atoms with van der Waals surface area (Å²) in [4.78, 5) is 10.9. The lowest BCUT2D eigenvalue weighted by Crippen LogP contribution is -2.24. The molecule has 1 N–H and O–H groups in total. The van der Waals surface area contributed by atoms with Crippen molar-refractivity contribution in [2.45, 2.75) is 44.7 Å². The standard InChI is InChI=1S/C11H13F3N2O3/c12-11(13,14)9-16-15-7(19-9)5-10(6-8(17)18)3-1-2-4-10/h1-6H2,(H,17,18). The smallest absolute Gasteiger partial charge is 0.470 e. The molecular formula is C11H13F3N2O3. The van der Waals surface area contributed by atoms with Gasteiger partial charge in [0.1, 0.15) is 0 Å². The first-order valence-corrected chi connectivity index (χ1v) is 5.92. The number of alkyl halides is 3. The summed E-state index contributed by atoms with van der Waals surface area (Å²) in [5.74, 6) is -2.49. The average Bonchev–Trinajstić information content (AvgIpc) is 2.86. The fourth-order valence-corrected chi connectivity index (χ4v) is 2.62. The second-order valence-corrected chi connectivity index (χ2v) is 4.95. The van der Waals surface area contributed by atoms with E-state index in [1.165, 1.54) is 0 Å². The molecule has 0 radical (unpaired) electrons. The SMILES string of the molecule is O=C(O)CC1(Cc2nnc(C(F)(F)F)o2)CCCC1. The van der Waals surface area contributed by atoms with E-state index in [2.05, 4.69) is 14.6 Å². The Morgan fingerprint density at radius 1 is 1.32 bits per heavy atom. The predicted octanol–water partition coefficient (Wildman–Crippen LogP) is 2.67. The maximum Gasteiger partial charge on any atom is 0.470 e. The molecular weight excluding hydrogens is 265 g/mol. The molecule has 0 aromatic carbocycles. The van der Waals surface area contributed by atoms with Crippen molar-refractivity contribution in [3.8, 4) is 0 Å². The van der Waals surface area contributed by atoms with Gasteiger partial charge in [0.25, 0.3) is 0 Å². The Morgan fingerprint density at radius 3 is 2.42 bits per heavy atom. The van der Waals surface area contributed by atoms with Gasteiger partial charge in [-0.15, -0.1) is 10.2 Å². The first-order chi connectivity index (χ1) is 8.81. The molecule has 1 aromatic heterocycles. The van der Waals surface area contributed by atoms with Gasteiger partial charge in [0.05, 0.1) is 6.42 Å². The van der Waals surface area contributed by atoms with E-state index in [0.717, 1.165) is 12.8 Å². The molecule has 2 rings (SSSR count). The largest absolute Gasteiger partial charge is 0.481 e. The second-order valence-electron chi connectivity index (χ2n) is 4.95. The molecule has 0 aliphatic heterocycles. The van der Waals surface area contributed by atoms with Crippen molar-refractivity contribution in [3.63, 3.8) is 0 Å². The molecule has 1 saturated carbocycles. The number of hydrogen-bond acceptors (Lipinski definition) is 4. The Hall–Kier alpha value is -1.60. The van der Waals surface area contributed by atoms with Crippen LogP contribution >= 0.6 is 0 Å². The molecule has 0 spiro atoms. The Kier molecular flexibility index (Phi) is 3.51. The maximum atomic E-state index is 12.3. The normalized spacial score (nSPS) is 18.7. The van der Waals surface area contributed by atoms with Crippen LogP contribution in [0.15, 0.2) is 4.42 Å². The van der Waals surface area contributed by atoms with E-state index in [1.807, 2.05) is 0 Å². The van der Waals surface area contributed by atoms with E-state index in [4.69, 9.17) is 5.11 Å². The molecule has 19 heavy (non-hydrogen) atoms. The summed E-state index contributed by atoms with van der Waals surface area (Å²) in [6.45, 7) is 0. The fourth-order valence-electron chi connectivity index (χ4n) is 2.62. The van der Waals surface area contributed by atoms with Gasteiger partial charge < -0.3 is 9.52 Å². The Labute approximate surface area is 106 Å². The molecule has 0 saturated heterocycles. The van der Waals surface area contributed by atoms with Crippen molar-refractivity contribution < 1.29 is 27.5 Å². The molecule has 0 amide bonds. The van der Waals surface area contributed by atoms with Gasteiger partial charge in [-0.2, -0.15) is 13.2 Å². The maximum absolute atomic E-state index is 12.3. The lowest BCUT2D eigenvalue weighted by molar-refractivity contribution is -0.157. The van der Waals surface area contributed by atoms with E-state index in [0.29, 0.717) is 12.8 Å². The number of carboxylic acids is 1. The third-order valence-corrected chi connectivity index (χ3v) is 3.43. The number of carbonyl (C=O) groups is 1. The van der Waals surface area contributed by atoms with Crippen molar-refractivity contribution in [2.75, 3.05) is 0 Å². The molecule has 106 valence electrons. The third-order valence-electron chi connectivity index (χ3n) is 3.43. The van der Waals surface area contributed by atoms with Crippen LogP contribution < -0.4 is 0 Å². The highest BCUT2D eigenvalue weighted by atomic mass is 19.4. The van der Waals surface area contributed by atoms with Crippen LogP contribution in [0.3, 0.4) is 0 Å². The topological polar surface area (TPSA) is 76.2 Å². The summed E-state index contributed by atoms with van der Waals surface area (Å²) in [6.07, 6.45) is -1.62. The Morgan fingerprint density at radius 2 is 1.95 bits per heavy atom. The minimum absolute atomic E-state index is 0.0857. The van der Waals surface area contributed by atoms with E-state index >= 15 is 0 Å². The number of nitrogens with zero attached hydrogens (tertiary/aromatic N) is 2. The van der Waals surface area contributed by atoms with Crippen molar-refractivity contribution in [1.82, 2.24) is 10.2 Å². The average molecular weight is 278 g/mol. The molecule has 0 atom stereocenters. The molecule has 1 heterocycles. The van der Waals surface area contributed by atoms with Gasteiger partial charge in [-0.1, -0.05) is 12.8 Å². The zero-order chi connectivity index (χ0) is 14.1. The minimum Gasteiger partial charge on any atom is -0.481 e. The number of aromatic nitrogens is 2. The van der Waals surface area contributed by atoms with Crippen molar-refractivity contribution in [3.05, 3.63) is 11.8 Å². The monoisotopic (exact) mass is 278 g/mol. The molecule has 1 fully saturated rings. The summed E-state index contributed by atoms with van der Waals surface area (Å²) >= 11 is 0. The number of carboxylic acid groups (broad SMARTS) is 1. The molecule has 1 aliphatic rings. The zero-order valence-electron chi connectivity index (χ0n) is 10.0. The fraction of sp³-hybridized carbons (Fsp3) is 0.727. The Bertz CT molecular complexity index is 464. The summed E-state index contributed by atoms with van der Waals surface area (Å²) in [5.41, 5.74) is -0.554. The number of halogens is 3. The van der Waals surface area contributed by atoms with Crippen LogP contribution in [0.1, 0.15) is 43.9 Å². The second kappa shape index (κ2) is 4.82. The van der Waals surface area contributed by atoms with Crippen molar-refractivity contribution in [1.29, 1.82) is 0 Å². The molecule has 8 heteroatoms. The van der Waals surface area contributed by atoms with Crippen LogP contribution in [-0.2, 0) is 17.4 Å². The summed E-state index contributed by atoms with van der Waals surface area (Å²) in [7, 11) is 0.